The molecule has 1 atom stereocenters. The Bertz CT molecular complexity index is 294. The molecule has 0 rings (SSSR count). The fraction of sp³-hybridized carbons (Fsp3) is 0.600. The molecule has 0 heterocycles. The van der Waals surface area contributed by atoms with E-state index in [1.54, 1.807) is 6.92 Å². The smallest absolute Gasteiger partial charge is 0.371 e. The van der Waals surface area contributed by atoms with E-state index in [0.717, 1.165) is 0 Å². The molecule has 0 radical (unpaired) electrons. The van der Waals surface area contributed by atoms with Crippen LogP contribution in [-0.2, 0) is 28.7 Å². The van der Waals surface area contributed by atoms with Crippen LogP contribution in [0.3, 0.4) is 0 Å². The summed E-state index contributed by atoms with van der Waals surface area (Å²) in [5.74, 6) is -2.09. The van der Waals surface area contributed by atoms with Gasteiger partial charge >= 0.3 is 11.9 Å². The summed E-state index contributed by atoms with van der Waals surface area (Å²) in [5, 5.41) is 0. The zero-order valence-corrected chi connectivity index (χ0v) is 9.39. The van der Waals surface area contributed by atoms with Crippen LogP contribution in [0.5, 0.6) is 0 Å². The molecule has 6 heteroatoms. The van der Waals surface area contributed by atoms with Gasteiger partial charge in [-0.3, -0.25) is 9.59 Å². The Morgan fingerprint density at radius 2 is 1.69 bits per heavy atom. The van der Waals surface area contributed by atoms with Gasteiger partial charge in [-0.2, -0.15) is 0 Å². The average molecular weight is 230 g/mol. The summed E-state index contributed by atoms with van der Waals surface area (Å²) >= 11 is 0. The van der Waals surface area contributed by atoms with Crippen molar-refractivity contribution in [2.75, 3.05) is 0 Å². The van der Waals surface area contributed by atoms with Crippen LogP contribution in [0.15, 0.2) is 0 Å². The fourth-order valence-electron chi connectivity index (χ4n) is 1.23. The number of hydrogen-bond donors (Lipinski definition) is 0. The Morgan fingerprint density at radius 1 is 1.19 bits per heavy atom. The number of ether oxygens (including phenoxy) is 2. The van der Waals surface area contributed by atoms with Gasteiger partial charge in [-0.1, -0.05) is 6.92 Å². The fourth-order valence-corrected chi connectivity index (χ4v) is 1.23. The van der Waals surface area contributed by atoms with Crippen molar-refractivity contribution in [2.24, 2.45) is 0 Å². The summed E-state index contributed by atoms with van der Waals surface area (Å²) in [6.07, 6.45) is -0.385. The molecule has 0 fully saturated rings. The quantitative estimate of drug-likeness (QED) is 0.363. The predicted molar refractivity (Wildman–Crippen MR) is 52.5 cm³/mol. The van der Waals surface area contributed by atoms with E-state index in [2.05, 4.69) is 0 Å². The van der Waals surface area contributed by atoms with Crippen molar-refractivity contribution in [3.8, 4) is 0 Å². The van der Waals surface area contributed by atoms with Crippen molar-refractivity contribution in [2.45, 2.75) is 38.9 Å². The normalized spacial score (nSPS) is 12.4. The third-order valence-corrected chi connectivity index (χ3v) is 1.96. The van der Waals surface area contributed by atoms with Crippen LogP contribution < -0.4 is 0 Å². The highest BCUT2D eigenvalue weighted by molar-refractivity contribution is 6.21. The van der Waals surface area contributed by atoms with E-state index in [-0.39, 0.29) is 12.6 Å². The predicted octanol–water partition coefficient (Wildman–Crippen LogP) is 0.0278. The van der Waals surface area contributed by atoms with Crippen molar-refractivity contribution < 1.29 is 28.7 Å². The first kappa shape index (κ1) is 14.3. The first-order chi connectivity index (χ1) is 7.37. The van der Waals surface area contributed by atoms with Gasteiger partial charge in [0.1, 0.15) is 11.7 Å². The first-order valence-corrected chi connectivity index (χ1v) is 4.71. The highest BCUT2D eigenvalue weighted by Gasteiger charge is 2.35. The average Bonchev–Trinajstić information content (AvgIpc) is 2.24. The minimum atomic E-state index is -1.16. The number of hydrogen-bond acceptors (Lipinski definition) is 6. The Balaban J connectivity index is 4.64. The van der Waals surface area contributed by atoms with Gasteiger partial charge in [0.25, 0.3) is 0 Å². The SMILES string of the molecule is CCC(OC(=O)C=O)C(C)(C)OC(=O)C=O. The summed E-state index contributed by atoms with van der Waals surface area (Å²) in [6, 6.07) is 0. The van der Waals surface area contributed by atoms with E-state index in [1.807, 2.05) is 0 Å². The first-order valence-electron chi connectivity index (χ1n) is 4.71. The third kappa shape index (κ3) is 4.20. The maximum absolute atomic E-state index is 10.8. The number of carbonyl (C=O) groups is 4. The molecule has 0 aromatic carbocycles. The number of rotatable bonds is 6. The topological polar surface area (TPSA) is 86.7 Å². The molecule has 0 saturated heterocycles. The molecular formula is C10H14O6. The Hall–Kier alpha value is -1.72. The van der Waals surface area contributed by atoms with Crippen LogP contribution >= 0.6 is 0 Å². The lowest BCUT2D eigenvalue weighted by Gasteiger charge is -2.31. The molecule has 0 bridgehead atoms. The minimum absolute atomic E-state index is 0.0238. The molecule has 0 aliphatic carbocycles. The van der Waals surface area contributed by atoms with Crippen molar-refractivity contribution in [1.29, 1.82) is 0 Å². The number of aldehydes is 2. The monoisotopic (exact) mass is 230 g/mol. The molecule has 0 spiro atoms. The summed E-state index contributed by atoms with van der Waals surface area (Å²) in [7, 11) is 0. The summed E-state index contributed by atoms with van der Waals surface area (Å²) in [4.78, 5) is 41.8. The molecule has 0 saturated carbocycles. The van der Waals surface area contributed by atoms with Crippen LogP contribution in [-0.4, -0.2) is 36.2 Å². The molecule has 90 valence electrons. The molecule has 0 aromatic rings. The zero-order valence-electron chi connectivity index (χ0n) is 9.39. The van der Waals surface area contributed by atoms with Crippen molar-refractivity contribution >= 4 is 24.5 Å². The standard InChI is InChI=1S/C10H14O6/c1-4-7(15-8(13)5-11)10(2,3)16-9(14)6-12/h5-7H,4H2,1-3H3. The lowest BCUT2D eigenvalue weighted by Crippen LogP contribution is -2.43. The largest absolute Gasteiger partial charge is 0.453 e. The van der Waals surface area contributed by atoms with E-state index in [1.165, 1.54) is 13.8 Å². The van der Waals surface area contributed by atoms with Crippen molar-refractivity contribution in [3.05, 3.63) is 0 Å². The number of carbonyl (C=O) groups excluding carboxylic acids is 4. The van der Waals surface area contributed by atoms with Crippen molar-refractivity contribution in [3.63, 3.8) is 0 Å². The van der Waals surface area contributed by atoms with E-state index in [0.29, 0.717) is 6.42 Å². The van der Waals surface area contributed by atoms with Gasteiger partial charge in [0.15, 0.2) is 0 Å². The van der Waals surface area contributed by atoms with Gasteiger partial charge in [0.05, 0.1) is 0 Å². The third-order valence-electron chi connectivity index (χ3n) is 1.96. The van der Waals surface area contributed by atoms with E-state index < -0.39 is 23.6 Å². The summed E-state index contributed by atoms with van der Waals surface area (Å²) in [6.45, 7) is 4.67. The second-order valence-corrected chi connectivity index (χ2v) is 3.59. The second-order valence-electron chi connectivity index (χ2n) is 3.59. The van der Waals surface area contributed by atoms with Gasteiger partial charge in [-0.15, -0.1) is 0 Å². The molecule has 0 aliphatic heterocycles. The van der Waals surface area contributed by atoms with Crippen LogP contribution in [0.25, 0.3) is 0 Å². The highest BCUT2D eigenvalue weighted by Crippen LogP contribution is 2.20. The van der Waals surface area contributed by atoms with Crippen LogP contribution in [0, 0.1) is 0 Å². The molecular weight excluding hydrogens is 216 g/mol. The van der Waals surface area contributed by atoms with E-state index >= 15 is 0 Å². The van der Waals surface area contributed by atoms with Gasteiger partial charge < -0.3 is 9.47 Å². The molecule has 6 nitrogen and oxygen atoms in total. The van der Waals surface area contributed by atoms with Gasteiger partial charge in [0.2, 0.25) is 12.6 Å². The van der Waals surface area contributed by atoms with Crippen molar-refractivity contribution in [1.82, 2.24) is 0 Å². The number of esters is 2. The molecule has 0 N–H and O–H groups in total. The maximum Gasteiger partial charge on any atom is 0.371 e. The lowest BCUT2D eigenvalue weighted by atomic mass is 9.99. The molecule has 0 aromatic heterocycles. The molecule has 16 heavy (non-hydrogen) atoms. The Morgan fingerprint density at radius 3 is 2.06 bits per heavy atom. The highest BCUT2D eigenvalue weighted by atomic mass is 16.6. The van der Waals surface area contributed by atoms with Crippen LogP contribution in [0.2, 0.25) is 0 Å². The molecule has 1 unspecified atom stereocenters. The second kappa shape index (κ2) is 5.99. The van der Waals surface area contributed by atoms with E-state index in [4.69, 9.17) is 9.47 Å². The minimum Gasteiger partial charge on any atom is -0.453 e. The molecule has 0 aliphatic rings. The van der Waals surface area contributed by atoms with Gasteiger partial charge in [-0.05, 0) is 20.3 Å². The van der Waals surface area contributed by atoms with Gasteiger partial charge in [-0.25, -0.2) is 9.59 Å². The maximum atomic E-state index is 10.8. The van der Waals surface area contributed by atoms with Gasteiger partial charge in [0, 0.05) is 0 Å². The van der Waals surface area contributed by atoms with E-state index in [9.17, 15) is 19.2 Å². The Labute approximate surface area is 92.9 Å². The van der Waals surface area contributed by atoms with Crippen LogP contribution in [0.4, 0.5) is 0 Å². The zero-order chi connectivity index (χ0) is 12.8. The van der Waals surface area contributed by atoms with Crippen LogP contribution in [0.1, 0.15) is 27.2 Å². The molecule has 0 amide bonds. The summed E-state index contributed by atoms with van der Waals surface area (Å²) < 4.78 is 9.54. The Kier molecular flexibility index (Phi) is 5.35. The summed E-state index contributed by atoms with van der Waals surface area (Å²) in [5.41, 5.74) is -1.16. The lowest BCUT2D eigenvalue weighted by molar-refractivity contribution is -0.180.